The fourth-order valence-corrected chi connectivity index (χ4v) is 7.48. The number of aliphatic hydroxyl groups excluding tert-OH is 4. The molecule has 10 heteroatoms. The number of carbonyl (C=O) groups is 2. The van der Waals surface area contributed by atoms with Crippen molar-refractivity contribution in [1.29, 1.82) is 0 Å². The van der Waals surface area contributed by atoms with E-state index in [-0.39, 0.29) is 26.1 Å². The first-order valence-corrected chi connectivity index (χ1v) is 25.2. The van der Waals surface area contributed by atoms with E-state index in [1.165, 1.54) is 128 Å². The van der Waals surface area contributed by atoms with E-state index in [1.807, 2.05) is 0 Å². The van der Waals surface area contributed by atoms with Gasteiger partial charge in [0.1, 0.15) is 31.0 Å². The van der Waals surface area contributed by atoms with Gasteiger partial charge in [0.2, 0.25) is 0 Å². The van der Waals surface area contributed by atoms with Gasteiger partial charge in [-0.05, 0) is 51.4 Å². The third kappa shape index (κ3) is 33.2. The zero-order chi connectivity index (χ0) is 45.1. The molecule has 2 unspecified atom stereocenters. The average Bonchev–Trinajstić information content (AvgIpc) is 3.27. The van der Waals surface area contributed by atoms with Crippen molar-refractivity contribution in [3.05, 3.63) is 48.6 Å². The second-order valence-electron chi connectivity index (χ2n) is 17.3. The number of ether oxygens (including phenoxy) is 4. The van der Waals surface area contributed by atoms with Crippen LogP contribution in [0, 0.1) is 0 Å². The van der Waals surface area contributed by atoms with Crippen LogP contribution in [0.2, 0.25) is 0 Å². The quantitative estimate of drug-likeness (QED) is 0.0265. The molecule has 1 rings (SSSR count). The third-order valence-electron chi connectivity index (χ3n) is 11.5. The molecule has 0 saturated carbocycles. The Labute approximate surface area is 378 Å². The van der Waals surface area contributed by atoms with Gasteiger partial charge in [0.15, 0.2) is 12.4 Å². The number of allylic oxidation sites excluding steroid dienone is 8. The van der Waals surface area contributed by atoms with Crippen LogP contribution in [0.1, 0.15) is 213 Å². The molecule has 0 amide bonds. The molecule has 1 aliphatic heterocycles. The predicted octanol–water partition coefficient (Wildman–Crippen LogP) is 11.6. The van der Waals surface area contributed by atoms with Crippen molar-refractivity contribution in [1.82, 2.24) is 0 Å². The average molecular weight is 877 g/mol. The topological polar surface area (TPSA) is 152 Å². The molecule has 1 saturated heterocycles. The summed E-state index contributed by atoms with van der Waals surface area (Å²) in [6, 6.07) is 0. The molecule has 0 spiro atoms. The Balaban J connectivity index is 2.30. The van der Waals surface area contributed by atoms with E-state index in [9.17, 15) is 30.0 Å². The molecular formula is C52H92O10. The smallest absolute Gasteiger partial charge is 0.306 e. The van der Waals surface area contributed by atoms with Crippen molar-refractivity contribution >= 4 is 11.9 Å². The van der Waals surface area contributed by atoms with Crippen LogP contribution in [0.25, 0.3) is 0 Å². The fourth-order valence-electron chi connectivity index (χ4n) is 7.48. The van der Waals surface area contributed by atoms with Crippen molar-refractivity contribution in [2.45, 2.75) is 250 Å². The Morgan fingerprint density at radius 3 is 1.40 bits per heavy atom. The van der Waals surface area contributed by atoms with Gasteiger partial charge in [-0.1, -0.05) is 197 Å². The van der Waals surface area contributed by atoms with Crippen LogP contribution in [0.4, 0.5) is 0 Å². The highest BCUT2D eigenvalue weighted by Gasteiger charge is 2.44. The van der Waals surface area contributed by atoms with Gasteiger partial charge >= 0.3 is 11.9 Å². The van der Waals surface area contributed by atoms with E-state index in [2.05, 4.69) is 62.5 Å². The Morgan fingerprint density at radius 1 is 0.500 bits per heavy atom. The summed E-state index contributed by atoms with van der Waals surface area (Å²) in [7, 11) is 0. The summed E-state index contributed by atoms with van der Waals surface area (Å²) < 4.78 is 22.2. The van der Waals surface area contributed by atoms with Gasteiger partial charge in [0, 0.05) is 12.8 Å². The van der Waals surface area contributed by atoms with E-state index in [0.717, 1.165) is 44.9 Å². The van der Waals surface area contributed by atoms with Crippen molar-refractivity contribution in [3.63, 3.8) is 0 Å². The Bertz CT molecular complexity index is 1150. The zero-order valence-corrected chi connectivity index (χ0v) is 39.4. The van der Waals surface area contributed by atoms with Gasteiger partial charge in [-0.3, -0.25) is 9.59 Å². The van der Waals surface area contributed by atoms with Crippen LogP contribution in [0.5, 0.6) is 0 Å². The minimum absolute atomic E-state index is 0.200. The molecule has 10 nitrogen and oxygen atoms in total. The molecule has 1 fully saturated rings. The second-order valence-corrected chi connectivity index (χ2v) is 17.3. The van der Waals surface area contributed by atoms with E-state index in [4.69, 9.17) is 18.9 Å². The lowest BCUT2D eigenvalue weighted by molar-refractivity contribution is -0.305. The maximum absolute atomic E-state index is 12.8. The minimum atomic E-state index is -1.60. The highest BCUT2D eigenvalue weighted by Crippen LogP contribution is 2.23. The van der Waals surface area contributed by atoms with Gasteiger partial charge in [-0.2, -0.15) is 0 Å². The van der Waals surface area contributed by atoms with E-state index >= 15 is 0 Å². The Kier molecular flexibility index (Phi) is 39.6. The standard InChI is InChI=1S/C52H92O10/c1-3-5-7-9-11-13-15-17-19-21-22-23-25-27-29-31-33-35-37-39-41-48(55)61-45(44-60-52-51(58)50(57)49(56)46(42-53)62-52)43-59-47(54)40-38-36-34-32-30-28-26-24-20-18-16-14-12-10-8-6-4-2/h12,14,18,20,26,28,32,34,45-46,49-53,56-58H,3-11,13,15-17,19,21-25,27,29-31,33,35-44H2,1-2H3/b14-12+,20-18+,28-26+,34-32+/t45-,46-,49+,50?,51?,52-/m1/s1. The third-order valence-corrected chi connectivity index (χ3v) is 11.5. The van der Waals surface area contributed by atoms with Crippen LogP contribution in [0.3, 0.4) is 0 Å². The molecular weight excluding hydrogens is 785 g/mol. The van der Waals surface area contributed by atoms with Gasteiger partial charge in [-0.25, -0.2) is 0 Å². The SMILES string of the molecule is CCCCC/C=C/C/C=C/C/C=C/C/C=C/CCCC(=O)OC[C@H](CO[C@@H]1O[C@H](CO)[C@H](O)C(O)C1O)OC(=O)CCCCCCCCCCCCCCCCCCCCCC. The molecule has 0 aromatic heterocycles. The predicted molar refractivity (Wildman–Crippen MR) is 252 cm³/mol. The number of hydrogen-bond acceptors (Lipinski definition) is 10. The largest absolute Gasteiger partial charge is 0.462 e. The van der Waals surface area contributed by atoms with E-state index < -0.39 is 55.4 Å². The van der Waals surface area contributed by atoms with Gasteiger partial charge in [-0.15, -0.1) is 0 Å². The molecule has 0 aromatic carbocycles. The maximum atomic E-state index is 12.8. The lowest BCUT2D eigenvalue weighted by atomic mass is 9.99. The van der Waals surface area contributed by atoms with E-state index in [0.29, 0.717) is 12.8 Å². The van der Waals surface area contributed by atoms with Crippen molar-refractivity contribution in [2.24, 2.45) is 0 Å². The number of hydrogen-bond donors (Lipinski definition) is 4. The van der Waals surface area contributed by atoms with Crippen molar-refractivity contribution in [3.8, 4) is 0 Å². The van der Waals surface area contributed by atoms with Crippen LogP contribution in [0.15, 0.2) is 48.6 Å². The Hall–Kier alpha value is -2.34. The molecule has 0 radical (unpaired) electrons. The molecule has 1 heterocycles. The van der Waals surface area contributed by atoms with Gasteiger partial charge in [0.05, 0.1) is 13.2 Å². The molecule has 6 atom stereocenters. The normalized spacial score (nSPS) is 20.0. The van der Waals surface area contributed by atoms with Gasteiger partial charge < -0.3 is 39.4 Å². The summed E-state index contributed by atoms with van der Waals surface area (Å²) in [5.74, 6) is -0.866. The number of esters is 2. The summed E-state index contributed by atoms with van der Waals surface area (Å²) in [5, 5.41) is 40.2. The monoisotopic (exact) mass is 877 g/mol. The second kappa shape index (κ2) is 42.6. The zero-order valence-electron chi connectivity index (χ0n) is 39.4. The summed E-state index contributed by atoms with van der Waals surface area (Å²) in [6.45, 7) is 3.36. The maximum Gasteiger partial charge on any atom is 0.306 e. The summed E-state index contributed by atoms with van der Waals surface area (Å²) >= 11 is 0. The highest BCUT2D eigenvalue weighted by molar-refractivity contribution is 5.70. The number of carbonyl (C=O) groups excluding carboxylic acids is 2. The summed E-state index contributed by atoms with van der Waals surface area (Å²) in [5.41, 5.74) is 0. The number of rotatable bonds is 42. The molecule has 0 aromatic rings. The molecule has 1 aliphatic rings. The molecule has 4 N–H and O–H groups in total. The van der Waals surface area contributed by atoms with Crippen LogP contribution < -0.4 is 0 Å². The number of aliphatic hydroxyl groups is 4. The van der Waals surface area contributed by atoms with Crippen LogP contribution in [-0.2, 0) is 28.5 Å². The highest BCUT2D eigenvalue weighted by atomic mass is 16.7. The van der Waals surface area contributed by atoms with Crippen LogP contribution in [-0.4, -0.2) is 89.0 Å². The minimum Gasteiger partial charge on any atom is -0.462 e. The lowest BCUT2D eigenvalue weighted by Crippen LogP contribution is -2.59. The summed E-state index contributed by atoms with van der Waals surface area (Å²) in [4.78, 5) is 25.4. The number of unbranched alkanes of at least 4 members (excludes halogenated alkanes) is 23. The molecule has 360 valence electrons. The Morgan fingerprint density at radius 2 is 0.919 bits per heavy atom. The summed E-state index contributed by atoms with van der Waals surface area (Å²) in [6.07, 6.45) is 44.1. The van der Waals surface area contributed by atoms with Crippen molar-refractivity contribution < 1.29 is 49.0 Å². The molecule has 0 aliphatic carbocycles. The fraction of sp³-hybridized carbons (Fsp3) is 0.808. The van der Waals surface area contributed by atoms with Crippen molar-refractivity contribution in [2.75, 3.05) is 19.8 Å². The van der Waals surface area contributed by atoms with E-state index in [1.54, 1.807) is 0 Å². The molecule has 62 heavy (non-hydrogen) atoms. The lowest BCUT2D eigenvalue weighted by Gasteiger charge is -2.39. The molecule has 0 bridgehead atoms. The first-order chi connectivity index (χ1) is 30.3. The van der Waals surface area contributed by atoms with Gasteiger partial charge in [0.25, 0.3) is 0 Å². The van der Waals surface area contributed by atoms with Crippen LogP contribution >= 0.6 is 0 Å². The first kappa shape index (κ1) is 57.7. The first-order valence-electron chi connectivity index (χ1n) is 25.2.